The lowest BCUT2D eigenvalue weighted by atomic mass is 9.94. The van der Waals surface area contributed by atoms with Gasteiger partial charge in [0.1, 0.15) is 0 Å². The molecule has 0 bridgehead atoms. The highest BCUT2D eigenvalue weighted by Gasteiger charge is 2.32. The molecule has 2 rings (SSSR count). The van der Waals surface area contributed by atoms with Crippen LogP contribution < -0.4 is 16.4 Å². The normalized spacial score (nSPS) is 20.4. The van der Waals surface area contributed by atoms with Crippen LogP contribution in [0.5, 0.6) is 0 Å². The van der Waals surface area contributed by atoms with Crippen molar-refractivity contribution >= 4 is 17.6 Å². The summed E-state index contributed by atoms with van der Waals surface area (Å²) in [7, 11) is 0. The van der Waals surface area contributed by atoms with Crippen LogP contribution in [0.3, 0.4) is 0 Å². The van der Waals surface area contributed by atoms with Gasteiger partial charge in [-0.05, 0) is 41.9 Å². The summed E-state index contributed by atoms with van der Waals surface area (Å²) in [5.74, 6) is 0.162. The summed E-state index contributed by atoms with van der Waals surface area (Å²) < 4.78 is 0. The molecule has 3 amide bonds. The predicted molar refractivity (Wildman–Crippen MR) is 97.1 cm³/mol. The Morgan fingerprint density at radius 2 is 1.83 bits per heavy atom. The molecule has 1 aliphatic rings. The van der Waals surface area contributed by atoms with Crippen LogP contribution in [-0.2, 0) is 4.79 Å². The van der Waals surface area contributed by atoms with Crippen molar-refractivity contribution in [2.45, 2.75) is 64.8 Å². The third kappa shape index (κ3) is 4.28. The van der Waals surface area contributed by atoms with E-state index in [0.29, 0.717) is 11.8 Å². The van der Waals surface area contributed by atoms with Gasteiger partial charge in [-0.3, -0.25) is 4.79 Å². The van der Waals surface area contributed by atoms with E-state index in [1.165, 1.54) is 5.56 Å². The second kappa shape index (κ2) is 7.69. The van der Waals surface area contributed by atoms with Crippen LogP contribution in [0.25, 0.3) is 0 Å². The molecule has 1 aliphatic carbocycles. The van der Waals surface area contributed by atoms with Crippen LogP contribution in [0.1, 0.15) is 69.9 Å². The minimum Gasteiger partial charge on any atom is -0.369 e. The maximum Gasteiger partial charge on any atom is 0.319 e. The fraction of sp³-hybridized carbons (Fsp3) is 0.579. The van der Waals surface area contributed by atoms with Crippen LogP contribution in [0.2, 0.25) is 0 Å². The third-order valence-electron chi connectivity index (χ3n) is 4.81. The fourth-order valence-electron chi connectivity index (χ4n) is 3.33. The largest absolute Gasteiger partial charge is 0.369 e. The van der Waals surface area contributed by atoms with E-state index >= 15 is 0 Å². The van der Waals surface area contributed by atoms with Crippen LogP contribution in [0, 0.1) is 5.92 Å². The SMILES string of the molecule is CC(C)c1ccc(NC(=O)N[C@@H]2CCC[C@@H]2C(N)=O)c(C(C)C)c1. The molecule has 5 nitrogen and oxygen atoms in total. The number of benzene rings is 1. The number of carbonyl (C=O) groups excluding carboxylic acids is 2. The Balaban J connectivity index is 2.09. The van der Waals surface area contributed by atoms with E-state index in [1.807, 2.05) is 12.1 Å². The number of primary amides is 1. The molecule has 1 fully saturated rings. The monoisotopic (exact) mass is 331 g/mol. The topological polar surface area (TPSA) is 84.2 Å². The van der Waals surface area contributed by atoms with Gasteiger partial charge >= 0.3 is 6.03 Å². The minimum absolute atomic E-state index is 0.167. The maximum atomic E-state index is 12.4. The average Bonchev–Trinajstić information content (AvgIpc) is 2.95. The molecular formula is C19H29N3O2. The van der Waals surface area contributed by atoms with E-state index in [9.17, 15) is 9.59 Å². The lowest BCUT2D eigenvalue weighted by Gasteiger charge is -2.21. The molecule has 2 atom stereocenters. The van der Waals surface area contributed by atoms with Gasteiger partial charge in [-0.2, -0.15) is 0 Å². The number of amides is 3. The van der Waals surface area contributed by atoms with E-state index in [0.717, 1.165) is 30.5 Å². The Kier molecular flexibility index (Phi) is 5.86. The number of nitrogens with one attached hydrogen (secondary N) is 2. The first-order chi connectivity index (χ1) is 11.3. The van der Waals surface area contributed by atoms with Crippen LogP contribution in [0.4, 0.5) is 10.5 Å². The van der Waals surface area contributed by atoms with E-state index in [4.69, 9.17) is 5.73 Å². The zero-order chi connectivity index (χ0) is 17.9. The van der Waals surface area contributed by atoms with Gasteiger partial charge in [0, 0.05) is 11.7 Å². The second-order valence-electron chi connectivity index (χ2n) is 7.30. The van der Waals surface area contributed by atoms with Crippen molar-refractivity contribution in [1.29, 1.82) is 0 Å². The van der Waals surface area contributed by atoms with Crippen molar-refractivity contribution in [2.24, 2.45) is 11.7 Å². The van der Waals surface area contributed by atoms with Crippen molar-refractivity contribution < 1.29 is 9.59 Å². The van der Waals surface area contributed by atoms with E-state index in [-0.39, 0.29) is 23.9 Å². The molecule has 0 saturated heterocycles. The molecule has 0 heterocycles. The second-order valence-corrected chi connectivity index (χ2v) is 7.30. The summed E-state index contributed by atoms with van der Waals surface area (Å²) in [5.41, 5.74) is 8.61. The summed E-state index contributed by atoms with van der Waals surface area (Å²) in [6.45, 7) is 8.54. The van der Waals surface area contributed by atoms with Crippen molar-refractivity contribution in [3.8, 4) is 0 Å². The van der Waals surface area contributed by atoms with Gasteiger partial charge in [0.2, 0.25) is 5.91 Å². The molecule has 1 aromatic rings. The molecule has 0 unspecified atom stereocenters. The molecule has 24 heavy (non-hydrogen) atoms. The predicted octanol–water partition coefficient (Wildman–Crippen LogP) is 3.71. The molecule has 4 N–H and O–H groups in total. The Morgan fingerprint density at radius 1 is 1.12 bits per heavy atom. The van der Waals surface area contributed by atoms with Gasteiger partial charge in [-0.1, -0.05) is 46.2 Å². The van der Waals surface area contributed by atoms with Crippen LogP contribution in [-0.4, -0.2) is 18.0 Å². The average molecular weight is 331 g/mol. The first-order valence-electron chi connectivity index (χ1n) is 8.80. The minimum atomic E-state index is -0.332. The standard InChI is InChI=1S/C19H29N3O2/c1-11(2)13-8-9-17(15(10-13)12(3)4)22-19(24)21-16-7-5-6-14(16)18(20)23/h8-12,14,16H,5-7H2,1-4H3,(H2,20,23)(H2,21,22,24)/t14-,16+/m0/s1. The highest BCUT2D eigenvalue weighted by Crippen LogP contribution is 2.29. The van der Waals surface area contributed by atoms with Gasteiger partial charge in [0.25, 0.3) is 0 Å². The Bertz CT molecular complexity index is 611. The van der Waals surface area contributed by atoms with Gasteiger partial charge in [0.05, 0.1) is 5.92 Å². The molecule has 0 radical (unpaired) electrons. The summed E-state index contributed by atoms with van der Waals surface area (Å²) in [4.78, 5) is 23.8. The third-order valence-corrected chi connectivity index (χ3v) is 4.81. The number of anilines is 1. The van der Waals surface area contributed by atoms with Gasteiger partial charge < -0.3 is 16.4 Å². The number of carbonyl (C=O) groups is 2. The van der Waals surface area contributed by atoms with Gasteiger partial charge in [-0.25, -0.2) is 4.79 Å². The Morgan fingerprint density at radius 3 is 2.42 bits per heavy atom. The van der Waals surface area contributed by atoms with Crippen molar-refractivity contribution in [3.05, 3.63) is 29.3 Å². The molecule has 0 aliphatic heterocycles. The Hall–Kier alpha value is -2.04. The molecule has 5 heteroatoms. The number of urea groups is 1. The summed E-state index contributed by atoms with van der Waals surface area (Å²) in [6.07, 6.45) is 2.46. The summed E-state index contributed by atoms with van der Waals surface area (Å²) in [5, 5.41) is 5.85. The fourth-order valence-corrected chi connectivity index (χ4v) is 3.33. The van der Waals surface area contributed by atoms with Gasteiger partial charge in [-0.15, -0.1) is 0 Å². The first-order valence-corrected chi connectivity index (χ1v) is 8.80. The van der Waals surface area contributed by atoms with Gasteiger partial charge in [0.15, 0.2) is 0 Å². The van der Waals surface area contributed by atoms with Crippen molar-refractivity contribution in [2.75, 3.05) is 5.32 Å². The highest BCUT2D eigenvalue weighted by molar-refractivity contribution is 5.91. The number of hydrogen-bond donors (Lipinski definition) is 3. The zero-order valence-corrected chi connectivity index (χ0v) is 15.1. The van der Waals surface area contributed by atoms with Crippen molar-refractivity contribution in [1.82, 2.24) is 5.32 Å². The smallest absolute Gasteiger partial charge is 0.319 e. The number of rotatable bonds is 5. The zero-order valence-electron chi connectivity index (χ0n) is 15.1. The molecule has 0 aromatic heterocycles. The molecule has 1 saturated carbocycles. The summed E-state index contributed by atoms with van der Waals surface area (Å²) in [6, 6.07) is 5.73. The molecular weight excluding hydrogens is 302 g/mol. The highest BCUT2D eigenvalue weighted by atomic mass is 16.2. The van der Waals surface area contributed by atoms with E-state index < -0.39 is 0 Å². The first kappa shape index (κ1) is 18.3. The van der Waals surface area contributed by atoms with E-state index in [2.05, 4.69) is 44.4 Å². The van der Waals surface area contributed by atoms with Crippen LogP contribution >= 0.6 is 0 Å². The lowest BCUT2D eigenvalue weighted by molar-refractivity contribution is -0.122. The van der Waals surface area contributed by atoms with Crippen molar-refractivity contribution in [3.63, 3.8) is 0 Å². The number of nitrogens with two attached hydrogens (primary N) is 1. The lowest BCUT2D eigenvalue weighted by Crippen LogP contribution is -2.44. The quantitative estimate of drug-likeness (QED) is 0.768. The molecule has 132 valence electrons. The molecule has 0 spiro atoms. The van der Waals surface area contributed by atoms with Crippen LogP contribution in [0.15, 0.2) is 18.2 Å². The number of hydrogen-bond acceptors (Lipinski definition) is 2. The van der Waals surface area contributed by atoms with E-state index in [1.54, 1.807) is 0 Å². The Labute approximate surface area is 144 Å². The maximum absolute atomic E-state index is 12.4. The molecule has 1 aromatic carbocycles. The summed E-state index contributed by atoms with van der Waals surface area (Å²) >= 11 is 0.